The first kappa shape index (κ1) is 39.6. The van der Waals surface area contributed by atoms with Gasteiger partial charge in [-0.2, -0.15) is 0 Å². The summed E-state index contributed by atoms with van der Waals surface area (Å²) in [6.45, 7) is 15.5. The zero-order valence-corrected chi connectivity index (χ0v) is 36.5. The third-order valence-corrected chi connectivity index (χ3v) is 14.1. The summed E-state index contributed by atoms with van der Waals surface area (Å²) in [5.41, 5.74) is 19.6. The second-order valence-corrected chi connectivity index (χ2v) is 17.3. The minimum Gasteiger partial charge on any atom is -0.310 e. The highest BCUT2D eigenvalue weighted by Gasteiger charge is 2.48. The van der Waals surface area contributed by atoms with Crippen LogP contribution in [-0.2, 0) is 10.8 Å². The van der Waals surface area contributed by atoms with Crippen LogP contribution in [0.5, 0.6) is 0 Å². The number of benzene rings is 10. The first-order chi connectivity index (χ1) is 33.1. The van der Waals surface area contributed by atoms with E-state index in [0.29, 0.717) is 11.4 Å². The van der Waals surface area contributed by atoms with Gasteiger partial charge in [0.15, 0.2) is 11.4 Å². The van der Waals surface area contributed by atoms with Gasteiger partial charge in [-0.05, 0) is 114 Å². The lowest BCUT2D eigenvalue weighted by molar-refractivity contribution is 0.768. The first-order valence-corrected chi connectivity index (χ1v) is 22.6. The zero-order chi connectivity index (χ0) is 45.0. The zero-order valence-electron chi connectivity index (χ0n) is 36.5. The van der Waals surface area contributed by atoms with Gasteiger partial charge >= 0.3 is 0 Å². The molecule has 10 aromatic carbocycles. The molecule has 12 rings (SSSR count). The summed E-state index contributed by atoms with van der Waals surface area (Å²) < 4.78 is 0. The van der Waals surface area contributed by atoms with Gasteiger partial charge in [-0.3, -0.25) is 0 Å². The van der Waals surface area contributed by atoms with Gasteiger partial charge in [-0.15, -0.1) is 0 Å². The van der Waals surface area contributed by atoms with E-state index in [9.17, 15) is 0 Å². The molecular formula is C64H41N3. The monoisotopic (exact) mass is 851 g/mol. The van der Waals surface area contributed by atoms with Crippen molar-refractivity contribution in [1.82, 2.24) is 0 Å². The lowest BCUT2D eigenvalue weighted by Crippen LogP contribution is -2.29. The van der Waals surface area contributed by atoms with E-state index >= 15 is 0 Å². The predicted octanol–water partition coefficient (Wildman–Crippen LogP) is 16.7. The fraction of sp³-hybridized carbons (Fsp3) is 0.0312. The quantitative estimate of drug-likeness (QED) is 0.139. The molecule has 10 aromatic rings. The summed E-state index contributed by atoms with van der Waals surface area (Å²) in [4.78, 5) is 9.90. The molecule has 0 amide bonds. The van der Waals surface area contributed by atoms with Crippen molar-refractivity contribution in [3.05, 3.63) is 316 Å². The lowest BCUT2D eigenvalue weighted by Gasteiger charge is -2.35. The highest BCUT2D eigenvalue weighted by Crippen LogP contribution is 2.59. The highest BCUT2D eigenvalue weighted by molar-refractivity contribution is 5.93. The van der Waals surface area contributed by atoms with Crippen LogP contribution in [0.25, 0.3) is 43.1 Å². The number of anilines is 3. The Bertz CT molecular complexity index is 3470. The van der Waals surface area contributed by atoms with E-state index in [1.807, 2.05) is 24.3 Å². The van der Waals surface area contributed by atoms with Crippen LogP contribution in [0.2, 0.25) is 0 Å². The molecule has 312 valence electrons. The average Bonchev–Trinajstić information content (AvgIpc) is 3.87. The molecule has 0 bridgehead atoms. The molecule has 3 nitrogen and oxygen atoms in total. The Morgan fingerprint density at radius 2 is 0.672 bits per heavy atom. The molecule has 0 fully saturated rings. The molecular weight excluding hydrogens is 811 g/mol. The molecule has 0 radical (unpaired) electrons. The normalized spacial score (nSPS) is 13.3. The standard InChI is InChI=1S/C64H41N3/c1-65-50-32-28-48(29-33-50)63(49-30-34-51(66-2)35-31-49)60-25-15-13-23-56(60)58-42-53(39-41-61(58)63)67(52-36-26-45(27-37-52)44-16-6-3-7-17-44)54-38-40-57-55-22-12-14-24-59(55)64(62(57)43-54,46-18-8-4-9-19-46)47-20-10-5-11-21-47/h3-43H. The van der Waals surface area contributed by atoms with Gasteiger partial charge in [0.1, 0.15) is 0 Å². The Morgan fingerprint density at radius 1 is 0.284 bits per heavy atom. The van der Waals surface area contributed by atoms with Crippen molar-refractivity contribution < 1.29 is 0 Å². The third kappa shape index (κ3) is 6.03. The van der Waals surface area contributed by atoms with Crippen LogP contribution in [0.3, 0.4) is 0 Å². The van der Waals surface area contributed by atoms with Crippen LogP contribution in [0.4, 0.5) is 28.4 Å². The van der Waals surface area contributed by atoms with Gasteiger partial charge in [-0.25, -0.2) is 9.69 Å². The fourth-order valence-corrected chi connectivity index (χ4v) is 11.2. The van der Waals surface area contributed by atoms with Crippen LogP contribution in [0.1, 0.15) is 44.5 Å². The molecule has 3 heteroatoms. The van der Waals surface area contributed by atoms with E-state index in [-0.39, 0.29) is 0 Å². The van der Waals surface area contributed by atoms with E-state index < -0.39 is 10.8 Å². The summed E-state index contributed by atoms with van der Waals surface area (Å²) in [5.74, 6) is 0. The van der Waals surface area contributed by atoms with Crippen molar-refractivity contribution in [2.75, 3.05) is 4.90 Å². The molecule has 0 saturated heterocycles. The molecule has 0 aromatic heterocycles. The maximum absolute atomic E-state index is 7.75. The van der Waals surface area contributed by atoms with Crippen molar-refractivity contribution >= 4 is 28.4 Å². The molecule has 0 unspecified atom stereocenters. The second-order valence-electron chi connectivity index (χ2n) is 17.3. The maximum Gasteiger partial charge on any atom is 0.187 e. The minimum atomic E-state index is -0.696. The average molecular weight is 852 g/mol. The SMILES string of the molecule is [C-]#[N+]c1ccc(C2(c3ccc([N+]#[C-])cc3)c3ccccc3-c3cc(N(c4ccc(-c5ccccc5)cc4)c4ccc5c(c4)C(c4ccccc4)(c4ccccc4)c4ccccc4-5)ccc32)cc1. The van der Waals surface area contributed by atoms with Crippen molar-refractivity contribution in [3.63, 3.8) is 0 Å². The minimum absolute atomic E-state index is 0.560. The van der Waals surface area contributed by atoms with Gasteiger partial charge in [0.05, 0.1) is 24.0 Å². The van der Waals surface area contributed by atoms with E-state index in [0.717, 1.165) is 56.0 Å². The Kier molecular flexibility index (Phi) is 9.39. The second kappa shape index (κ2) is 15.9. The summed E-state index contributed by atoms with van der Waals surface area (Å²) in [5, 5.41) is 0. The largest absolute Gasteiger partial charge is 0.310 e. The molecule has 0 aliphatic heterocycles. The first-order valence-electron chi connectivity index (χ1n) is 22.6. The highest BCUT2D eigenvalue weighted by atomic mass is 15.1. The lowest BCUT2D eigenvalue weighted by atomic mass is 9.67. The van der Waals surface area contributed by atoms with Gasteiger partial charge in [0, 0.05) is 17.1 Å². The van der Waals surface area contributed by atoms with Crippen LogP contribution < -0.4 is 4.90 Å². The van der Waals surface area contributed by atoms with Crippen molar-refractivity contribution in [1.29, 1.82) is 0 Å². The Morgan fingerprint density at radius 3 is 1.22 bits per heavy atom. The van der Waals surface area contributed by atoms with Crippen LogP contribution in [-0.4, -0.2) is 0 Å². The fourth-order valence-electron chi connectivity index (χ4n) is 11.2. The van der Waals surface area contributed by atoms with Gasteiger partial charge < -0.3 is 4.90 Å². The number of fused-ring (bicyclic) bond motifs is 6. The number of nitrogens with zero attached hydrogens (tertiary/aromatic N) is 3. The summed E-state index contributed by atoms with van der Waals surface area (Å²) in [7, 11) is 0. The number of rotatable bonds is 8. The van der Waals surface area contributed by atoms with Crippen LogP contribution in [0.15, 0.2) is 249 Å². The summed E-state index contributed by atoms with van der Waals surface area (Å²) in [6, 6.07) is 89.2. The molecule has 2 aliphatic carbocycles. The third-order valence-electron chi connectivity index (χ3n) is 14.1. The van der Waals surface area contributed by atoms with E-state index in [2.05, 4.69) is 239 Å². The Hall–Kier alpha value is -9.02. The topological polar surface area (TPSA) is 12.0 Å². The molecule has 0 saturated carbocycles. The molecule has 0 spiro atoms. The van der Waals surface area contributed by atoms with Gasteiger partial charge in [-0.1, -0.05) is 212 Å². The maximum atomic E-state index is 7.75. The predicted molar refractivity (Wildman–Crippen MR) is 274 cm³/mol. The summed E-state index contributed by atoms with van der Waals surface area (Å²) >= 11 is 0. The number of hydrogen-bond acceptors (Lipinski definition) is 1. The smallest absolute Gasteiger partial charge is 0.187 e. The van der Waals surface area contributed by atoms with E-state index in [4.69, 9.17) is 13.1 Å². The van der Waals surface area contributed by atoms with Crippen LogP contribution in [0, 0.1) is 13.1 Å². The Labute approximate surface area is 391 Å². The molecule has 0 atom stereocenters. The molecule has 0 N–H and O–H groups in total. The number of hydrogen-bond donors (Lipinski definition) is 0. The molecule has 2 aliphatic rings. The Balaban J connectivity index is 1.11. The van der Waals surface area contributed by atoms with Crippen molar-refractivity contribution in [2.45, 2.75) is 10.8 Å². The van der Waals surface area contributed by atoms with E-state index in [1.165, 1.54) is 38.9 Å². The van der Waals surface area contributed by atoms with E-state index in [1.54, 1.807) is 0 Å². The van der Waals surface area contributed by atoms with Crippen molar-refractivity contribution in [2.24, 2.45) is 0 Å². The summed E-state index contributed by atoms with van der Waals surface area (Å²) in [6.07, 6.45) is 0. The molecule has 0 heterocycles. The van der Waals surface area contributed by atoms with Crippen LogP contribution >= 0.6 is 0 Å². The van der Waals surface area contributed by atoms with Gasteiger partial charge in [0.2, 0.25) is 0 Å². The van der Waals surface area contributed by atoms with Gasteiger partial charge in [0.25, 0.3) is 0 Å². The van der Waals surface area contributed by atoms with Crippen molar-refractivity contribution in [3.8, 4) is 33.4 Å². The molecule has 67 heavy (non-hydrogen) atoms.